The number of hydrogen-bond donors (Lipinski definition) is 3. The molecule has 180 valence electrons. The quantitative estimate of drug-likeness (QED) is 0.177. The molecular weight excluding hydrogens is 452 g/mol. The zero-order valence-electron chi connectivity index (χ0n) is 19.6. The number of ether oxygens (including phenoxy) is 1. The van der Waals surface area contributed by atoms with Crippen LogP contribution in [-0.2, 0) is 16.3 Å². The molecule has 0 unspecified atom stereocenters. The third kappa shape index (κ3) is 5.08. The van der Waals surface area contributed by atoms with Crippen LogP contribution >= 0.6 is 0 Å². The summed E-state index contributed by atoms with van der Waals surface area (Å²) in [5.41, 5.74) is 10.0. The first-order valence-corrected chi connectivity index (χ1v) is 12.6. The molecule has 3 rings (SSSR count). The van der Waals surface area contributed by atoms with Crippen LogP contribution in [0, 0.1) is 13.8 Å². The van der Waals surface area contributed by atoms with Gasteiger partial charge in [0, 0.05) is 5.69 Å². The lowest BCUT2D eigenvalue weighted by atomic mass is 9.91. The van der Waals surface area contributed by atoms with E-state index in [0.29, 0.717) is 23.5 Å². The minimum absolute atomic E-state index is 0.0150. The summed E-state index contributed by atoms with van der Waals surface area (Å²) in [5.74, 6) is -0.188. The molecule has 8 heteroatoms. The monoisotopic (exact) mass is 482 g/mol. The number of rotatable bonds is 9. The van der Waals surface area contributed by atoms with Crippen molar-refractivity contribution in [1.82, 2.24) is 5.48 Å². The van der Waals surface area contributed by atoms with E-state index in [9.17, 15) is 18.4 Å². The Morgan fingerprint density at radius 1 is 1.03 bits per heavy atom. The van der Waals surface area contributed by atoms with Gasteiger partial charge in [0.15, 0.2) is 0 Å². The Kier molecular flexibility index (Phi) is 7.96. The van der Waals surface area contributed by atoms with Crippen molar-refractivity contribution in [3.63, 3.8) is 0 Å². The highest BCUT2D eigenvalue weighted by Gasteiger charge is 2.30. The van der Waals surface area contributed by atoms with E-state index in [1.54, 1.807) is 31.5 Å². The van der Waals surface area contributed by atoms with Gasteiger partial charge in [0.05, 0.1) is 22.0 Å². The van der Waals surface area contributed by atoms with E-state index < -0.39 is 15.7 Å². The van der Waals surface area contributed by atoms with Crippen LogP contribution < -0.4 is 16.0 Å². The van der Waals surface area contributed by atoms with Gasteiger partial charge in [-0.3, -0.25) is 10.0 Å². The van der Waals surface area contributed by atoms with Crippen molar-refractivity contribution in [3.05, 3.63) is 82.4 Å². The highest BCUT2D eigenvalue weighted by molar-refractivity contribution is 7.91. The number of hydrogen-bond acceptors (Lipinski definition) is 6. The summed E-state index contributed by atoms with van der Waals surface area (Å²) in [7, 11) is -3.96. The maximum Gasteiger partial charge on any atom is 0.277 e. The van der Waals surface area contributed by atoms with E-state index in [2.05, 4.69) is 6.92 Å². The maximum absolute atomic E-state index is 13.7. The Hall–Kier alpha value is -3.36. The summed E-state index contributed by atoms with van der Waals surface area (Å²) in [6.45, 7) is 5.86. The number of nitrogen functional groups attached to an aromatic ring is 1. The molecule has 0 aliphatic carbocycles. The molecular formula is C26H30N2O5S. The number of sulfone groups is 1. The van der Waals surface area contributed by atoms with Crippen LogP contribution in [0.1, 0.15) is 52.4 Å². The molecule has 0 aliphatic rings. The number of anilines is 1. The molecule has 7 nitrogen and oxygen atoms in total. The molecule has 0 aromatic heterocycles. The minimum Gasteiger partial charge on any atom is -0.494 e. The first-order valence-electron chi connectivity index (χ1n) is 11.1. The predicted octanol–water partition coefficient (Wildman–Crippen LogP) is 4.61. The van der Waals surface area contributed by atoms with Gasteiger partial charge in [-0.05, 0) is 73.2 Å². The highest BCUT2D eigenvalue weighted by Crippen LogP contribution is 2.37. The molecule has 0 fully saturated rings. The van der Waals surface area contributed by atoms with Gasteiger partial charge in [-0.2, -0.15) is 0 Å². The molecule has 0 spiro atoms. The Morgan fingerprint density at radius 3 is 2.26 bits per heavy atom. The summed E-state index contributed by atoms with van der Waals surface area (Å²) < 4.78 is 33.1. The van der Waals surface area contributed by atoms with Gasteiger partial charge in [-0.15, -0.1) is 0 Å². The number of unbranched alkanes of at least 4 members (excludes halogenated alkanes) is 1. The van der Waals surface area contributed by atoms with Gasteiger partial charge >= 0.3 is 0 Å². The number of amides is 1. The van der Waals surface area contributed by atoms with Crippen LogP contribution in [0.5, 0.6) is 5.75 Å². The molecule has 0 bridgehead atoms. The SMILES string of the molecule is CCCCOc1ccc(S(=O)(=O)c2c(C)c(N)c(C(=O)NO)c(Cc3ccccc3)c2C)cc1. The van der Waals surface area contributed by atoms with Gasteiger partial charge in [0.2, 0.25) is 9.84 Å². The number of benzene rings is 3. The Labute approximate surface area is 200 Å². The maximum atomic E-state index is 13.7. The fourth-order valence-corrected chi connectivity index (χ4v) is 5.75. The molecule has 0 radical (unpaired) electrons. The van der Waals surface area contributed by atoms with E-state index in [1.165, 1.54) is 12.1 Å². The topological polar surface area (TPSA) is 119 Å². The summed E-state index contributed by atoms with van der Waals surface area (Å²) in [6, 6.07) is 15.6. The van der Waals surface area contributed by atoms with Gasteiger partial charge in [0.25, 0.3) is 5.91 Å². The van der Waals surface area contributed by atoms with Crippen LogP contribution in [0.15, 0.2) is 64.4 Å². The van der Waals surface area contributed by atoms with E-state index in [-0.39, 0.29) is 33.0 Å². The molecule has 0 heterocycles. The van der Waals surface area contributed by atoms with Crippen LogP contribution in [0.4, 0.5) is 5.69 Å². The van der Waals surface area contributed by atoms with Gasteiger partial charge in [-0.1, -0.05) is 43.7 Å². The molecule has 0 saturated carbocycles. The molecule has 0 aliphatic heterocycles. The lowest BCUT2D eigenvalue weighted by Gasteiger charge is -2.21. The molecule has 4 N–H and O–H groups in total. The van der Waals surface area contributed by atoms with Gasteiger partial charge in [0.1, 0.15) is 5.75 Å². The standard InChI is InChI=1S/C26H30N2O5S/c1-4-5-15-33-20-11-13-21(14-12-20)34(31,32)25-17(2)22(16-19-9-7-6-8-10-19)23(26(29)28-30)24(27)18(25)3/h6-14,30H,4-5,15-16,27H2,1-3H3,(H,28,29). The second kappa shape index (κ2) is 10.7. The Balaban J connectivity index is 2.14. The normalized spacial score (nSPS) is 11.3. The molecule has 0 atom stereocenters. The number of carbonyl (C=O) groups is 1. The van der Waals surface area contributed by atoms with E-state index >= 15 is 0 Å². The Morgan fingerprint density at radius 2 is 1.68 bits per heavy atom. The van der Waals surface area contributed by atoms with Crippen LogP contribution in [0.2, 0.25) is 0 Å². The third-order valence-electron chi connectivity index (χ3n) is 5.83. The lowest BCUT2D eigenvalue weighted by Crippen LogP contribution is -2.24. The average molecular weight is 483 g/mol. The largest absolute Gasteiger partial charge is 0.494 e. The number of nitrogens with two attached hydrogens (primary N) is 1. The zero-order chi connectivity index (χ0) is 24.9. The van der Waals surface area contributed by atoms with Crippen molar-refractivity contribution < 1.29 is 23.2 Å². The number of hydroxylamine groups is 1. The first-order chi connectivity index (χ1) is 16.2. The van der Waals surface area contributed by atoms with Crippen molar-refractivity contribution in [2.24, 2.45) is 0 Å². The second-order valence-electron chi connectivity index (χ2n) is 8.13. The molecule has 3 aromatic carbocycles. The smallest absolute Gasteiger partial charge is 0.277 e. The van der Waals surface area contributed by atoms with Crippen LogP contribution in [0.3, 0.4) is 0 Å². The molecule has 3 aromatic rings. The third-order valence-corrected chi connectivity index (χ3v) is 7.87. The number of nitrogens with one attached hydrogen (secondary N) is 1. The summed E-state index contributed by atoms with van der Waals surface area (Å²) in [6.07, 6.45) is 2.18. The summed E-state index contributed by atoms with van der Waals surface area (Å²) in [4.78, 5) is 12.7. The molecule has 0 saturated heterocycles. The summed E-state index contributed by atoms with van der Waals surface area (Å²) >= 11 is 0. The first kappa shape index (κ1) is 25.3. The fourth-order valence-electron chi connectivity index (χ4n) is 3.98. The zero-order valence-corrected chi connectivity index (χ0v) is 20.4. The van der Waals surface area contributed by atoms with E-state index in [0.717, 1.165) is 18.4 Å². The van der Waals surface area contributed by atoms with Gasteiger partial charge < -0.3 is 10.5 Å². The van der Waals surface area contributed by atoms with Crippen molar-refractivity contribution in [1.29, 1.82) is 0 Å². The van der Waals surface area contributed by atoms with Crippen LogP contribution in [0.25, 0.3) is 0 Å². The van der Waals surface area contributed by atoms with E-state index in [4.69, 9.17) is 10.5 Å². The van der Waals surface area contributed by atoms with Crippen molar-refractivity contribution >= 4 is 21.4 Å². The fraction of sp³-hybridized carbons (Fsp3) is 0.269. The van der Waals surface area contributed by atoms with Crippen molar-refractivity contribution in [2.75, 3.05) is 12.3 Å². The molecule has 34 heavy (non-hydrogen) atoms. The molecule has 1 amide bonds. The van der Waals surface area contributed by atoms with Crippen molar-refractivity contribution in [3.8, 4) is 5.75 Å². The van der Waals surface area contributed by atoms with E-state index in [1.807, 2.05) is 30.3 Å². The predicted molar refractivity (Wildman–Crippen MR) is 131 cm³/mol. The minimum atomic E-state index is -3.96. The average Bonchev–Trinajstić information content (AvgIpc) is 2.83. The summed E-state index contributed by atoms with van der Waals surface area (Å²) in [5, 5.41) is 9.31. The second-order valence-corrected chi connectivity index (χ2v) is 10.0. The van der Waals surface area contributed by atoms with Crippen molar-refractivity contribution in [2.45, 2.75) is 49.8 Å². The lowest BCUT2D eigenvalue weighted by molar-refractivity contribution is 0.0706. The highest BCUT2D eigenvalue weighted by atomic mass is 32.2. The van der Waals surface area contributed by atoms with Crippen LogP contribution in [-0.4, -0.2) is 26.1 Å². The number of carbonyl (C=O) groups excluding carboxylic acids is 1. The van der Waals surface area contributed by atoms with Gasteiger partial charge in [-0.25, -0.2) is 13.9 Å². The Bertz CT molecular complexity index is 1270.